The maximum Gasteiger partial charge on any atom is 0.275 e. The molecule has 0 saturated carbocycles. The van der Waals surface area contributed by atoms with E-state index in [0.717, 1.165) is 16.7 Å². The number of fused-ring (bicyclic) bond motifs is 1. The SMILES string of the molecule is C=C(C)CONC(=O)c1cc(-c2cccnc2)nc2c1cnn2Cc1cccnc1. The first-order valence-electron chi connectivity index (χ1n) is 9.34. The monoisotopic (exact) mass is 400 g/mol. The molecule has 0 atom stereocenters. The van der Waals surface area contributed by atoms with Crippen LogP contribution in [0.5, 0.6) is 0 Å². The van der Waals surface area contributed by atoms with Crippen molar-refractivity contribution in [3.05, 3.63) is 84.6 Å². The van der Waals surface area contributed by atoms with Crippen LogP contribution in [0.15, 0.2) is 73.5 Å². The van der Waals surface area contributed by atoms with Gasteiger partial charge in [-0.15, -0.1) is 0 Å². The average Bonchev–Trinajstić information content (AvgIpc) is 3.16. The molecule has 0 aliphatic carbocycles. The fraction of sp³-hybridized carbons (Fsp3) is 0.136. The molecule has 4 aromatic heterocycles. The van der Waals surface area contributed by atoms with Crippen molar-refractivity contribution in [2.75, 3.05) is 6.61 Å². The molecule has 0 radical (unpaired) electrons. The third-order valence-electron chi connectivity index (χ3n) is 4.35. The van der Waals surface area contributed by atoms with Gasteiger partial charge in [0.15, 0.2) is 5.65 Å². The highest BCUT2D eigenvalue weighted by Crippen LogP contribution is 2.25. The van der Waals surface area contributed by atoms with Gasteiger partial charge in [-0.2, -0.15) is 5.10 Å². The van der Waals surface area contributed by atoms with E-state index in [4.69, 9.17) is 9.82 Å². The Kier molecular flexibility index (Phi) is 5.58. The Morgan fingerprint density at radius 3 is 2.67 bits per heavy atom. The van der Waals surface area contributed by atoms with Gasteiger partial charge in [0.05, 0.1) is 36.0 Å². The number of nitrogens with zero attached hydrogens (tertiary/aromatic N) is 5. The second-order valence-corrected chi connectivity index (χ2v) is 6.87. The predicted molar refractivity (Wildman–Crippen MR) is 112 cm³/mol. The predicted octanol–water partition coefficient (Wildman–Crippen LogP) is 3.17. The van der Waals surface area contributed by atoms with Gasteiger partial charge >= 0.3 is 0 Å². The highest BCUT2D eigenvalue weighted by atomic mass is 16.6. The summed E-state index contributed by atoms with van der Waals surface area (Å²) in [5.74, 6) is -0.380. The number of carbonyl (C=O) groups excluding carboxylic acids is 1. The van der Waals surface area contributed by atoms with Gasteiger partial charge in [-0.05, 0) is 36.8 Å². The van der Waals surface area contributed by atoms with E-state index >= 15 is 0 Å². The zero-order valence-electron chi connectivity index (χ0n) is 16.4. The van der Waals surface area contributed by atoms with E-state index in [2.05, 4.69) is 27.1 Å². The Balaban J connectivity index is 1.77. The van der Waals surface area contributed by atoms with Crippen LogP contribution in [0.3, 0.4) is 0 Å². The molecule has 0 unspecified atom stereocenters. The smallest absolute Gasteiger partial charge is 0.269 e. The molecule has 4 rings (SSSR count). The van der Waals surface area contributed by atoms with E-state index in [0.29, 0.717) is 28.8 Å². The van der Waals surface area contributed by atoms with Gasteiger partial charge in [0, 0.05) is 30.4 Å². The van der Waals surface area contributed by atoms with Gasteiger partial charge in [-0.1, -0.05) is 18.2 Å². The Hall–Kier alpha value is -3.91. The van der Waals surface area contributed by atoms with Gasteiger partial charge in [-0.3, -0.25) is 19.6 Å². The molecule has 8 heteroatoms. The number of amides is 1. The summed E-state index contributed by atoms with van der Waals surface area (Å²) in [5, 5.41) is 5.08. The molecule has 1 amide bonds. The Morgan fingerprint density at radius 2 is 1.97 bits per heavy atom. The molecule has 4 heterocycles. The zero-order valence-corrected chi connectivity index (χ0v) is 16.4. The third-order valence-corrected chi connectivity index (χ3v) is 4.35. The molecular weight excluding hydrogens is 380 g/mol. The van der Waals surface area contributed by atoms with Crippen molar-refractivity contribution >= 4 is 16.9 Å². The standard InChI is InChI=1S/C22H20N6O2/c1-15(2)14-30-27-22(29)18-9-20(17-6-4-8-24-11-17)26-21-19(18)12-25-28(21)13-16-5-3-7-23-10-16/h3-12H,1,13-14H2,2H3,(H,27,29). The number of hydrogen-bond donors (Lipinski definition) is 1. The Bertz CT molecular complexity index is 1190. The molecule has 0 aliphatic heterocycles. The van der Waals surface area contributed by atoms with Crippen LogP contribution in [-0.2, 0) is 11.4 Å². The van der Waals surface area contributed by atoms with Crippen molar-refractivity contribution in [2.24, 2.45) is 0 Å². The quantitative estimate of drug-likeness (QED) is 0.378. The maximum absolute atomic E-state index is 12.8. The molecule has 0 spiro atoms. The van der Waals surface area contributed by atoms with Gasteiger partial charge < -0.3 is 0 Å². The fourth-order valence-electron chi connectivity index (χ4n) is 2.96. The van der Waals surface area contributed by atoms with Crippen molar-refractivity contribution in [3.63, 3.8) is 0 Å². The molecule has 4 aromatic rings. The first-order valence-corrected chi connectivity index (χ1v) is 9.34. The number of aromatic nitrogens is 5. The largest absolute Gasteiger partial charge is 0.275 e. The summed E-state index contributed by atoms with van der Waals surface area (Å²) < 4.78 is 1.75. The van der Waals surface area contributed by atoms with E-state index in [-0.39, 0.29) is 12.5 Å². The first kappa shape index (κ1) is 19.4. The normalized spacial score (nSPS) is 10.8. The van der Waals surface area contributed by atoms with Crippen molar-refractivity contribution in [1.82, 2.24) is 30.2 Å². The van der Waals surface area contributed by atoms with Crippen LogP contribution in [-0.4, -0.2) is 37.2 Å². The number of hydroxylamine groups is 1. The molecule has 8 nitrogen and oxygen atoms in total. The first-order chi connectivity index (χ1) is 14.6. The van der Waals surface area contributed by atoms with Crippen LogP contribution in [0.25, 0.3) is 22.3 Å². The van der Waals surface area contributed by atoms with Crippen LogP contribution in [0.4, 0.5) is 0 Å². The molecule has 0 bridgehead atoms. The van der Waals surface area contributed by atoms with Gasteiger partial charge in [0.2, 0.25) is 0 Å². The van der Waals surface area contributed by atoms with E-state index in [1.165, 1.54) is 0 Å². The molecular formula is C22H20N6O2. The number of carbonyl (C=O) groups is 1. The summed E-state index contributed by atoms with van der Waals surface area (Å²) in [6.07, 6.45) is 8.52. The Labute approximate surface area is 173 Å². The zero-order chi connectivity index (χ0) is 20.9. The van der Waals surface area contributed by atoms with Crippen molar-refractivity contribution < 1.29 is 9.63 Å². The van der Waals surface area contributed by atoms with Crippen LogP contribution < -0.4 is 5.48 Å². The number of hydrogen-bond acceptors (Lipinski definition) is 6. The number of rotatable bonds is 7. The summed E-state index contributed by atoms with van der Waals surface area (Å²) in [5.41, 5.74) is 6.67. The lowest BCUT2D eigenvalue weighted by atomic mass is 10.1. The summed E-state index contributed by atoms with van der Waals surface area (Å²) in [7, 11) is 0. The fourth-order valence-corrected chi connectivity index (χ4v) is 2.96. The van der Waals surface area contributed by atoms with Crippen molar-refractivity contribution in [1.29, 1.82) is 0 Å². The summed E-state index contributed by atoms with van der Waals surface area (Å²) in [4.78, 5) is 31.1. The lowest BCUT2D eigenvalue weighted by Gasteiger charge is -2.10. The topological polar surface area (TPSA) is 94.8 Å². The maximum atomic E-state index is 12.8. The number of nitrogens with one attached hydrogen (secondary N) is 1. The van der Waals surface area contributed by atoms with Gasteiger partial charge in [0.25, 0.3) is 5.91 Å². The molecule has 30 heavy (non-hydrogen) atoms. The minimum Gasteiger partial charge on any atom is -0.269 e. The summed E-state index contributed by atoms with van der Waals surface area (Å²) in [6.45, 7) is 6.29. The number of pyridine rings is 3. The van der Waals surface area contributed by atoms with E-state index in [9.17, 15) is 4.79 Å². The van der Waals surface area contributed by atoms with Crippen molar-refractivity contribution in [2.45, 2.75) is 13.5 Å². The molecule has 1 N–H and O–H groups in total. The van der Waals surface area contributed by atoms with Crippen LogP contribution in [0, 0.1) is 0 Å². The van der Waals surface area contributed by atoms with Gasteiger partial charge in [-0.25, -0.2) is 15.1 Å². The minimum absolute atomic E-state index is 0.232. The van der Waals surface area contributed by atoms with Crippen LogP contribution in [0.1, 0.15) is 22.8 Å². The lowest BCUT2D eigenvalue weighted by Crippen LogP contribution is -2.24. The Morgan fingerprint density at radius 1 is 1.17 bits per heavy atom. The average molecular weight is 400 g/mol. The highest BCUT2D eigenvalue weighted by molar-refractivity contribution is 6.06. The minimum atomic E-state index is -0.380. The molecule has 150 valence electrons. The third kappa shape index (κ3) is 4.23. The van der Waals surface area contributed by atoms with Crippen LogP contribution >= 0.6 is 0 Å². The van der Waals surface area contributed by atoms with Gasteiger partial charge in [0.1, 0.15) is 0 Å². The molecule has 0 aliphatic rings. The van der Waals surface area contributed by atoms with E-state index in [1.807, 2.05) is 31.2 Å². The lowest BCUT2D eigenvalue weighted by molar-refractivity contribution is 0.0402. The van der Waals surface area contributed by atoms with E-state index in [1.54, 1.807) is 41.7 Å². The summed E-state index contributed by atoms with van der Waals surface area (Å²) in [6, 6.07) is 9.26. The molecule has 0 fully saturated rings. The highest BCUT2D eigenvalue weighted by Gasteiger charge is 2.18. The second kappa shape index (κ2) is 8.62. The van der Waals surface area contributed by atoms with Crippen LogP contribution in [0.2, 0.25) is 0 Å². The summed E-state index contributed by atoms with van der Waals surface area (Å²) >= 11 is 0. The molecule has 0 aromatic carbocycles. The molecule has 0 saturated heterocycles. The van der Waals surface area contributed by atoms with Crippen molar-refractivity contribution in [3.8, 4) is 11.3 Å². The second-order valence-electron chi connectivity index (χ2n) is 6.87. The van der Waals surface area contributed by atoms with E-state index < -0.39 is 0 Å².